The molecule has 5 nitrogen and oxygen atoms in total. The number of anilines is 2. The number of ether oxygens (including phenoxy) is 1. The Morgan fingerprint density at radius 3 is 2.73 bits per heavy atom. The van der Waals surface area contributed by atoms with Crippen LogP contribution in [0.1, 0.15) is 25.0 Å². The molecule has 1 fully saturated rings. The van der Waals surface area contributed by atoms with E-state index >= 15 is 0 Å². The molecule has 0 radical (unpaired) electrons. The van der Waals surface area contributed by atoms with E-state index in [9.17, 15) is 9.18 Å². The van der Waals surface area contributed by atoms with Crippen LogP contribution in [0.15, 0.2) is 48.4 Å². The van der Waals surface area contributed by atoms with Gasteiger partial charge in [0.25, 0.3) is 5.91 Å². The molecule has 1 aromatic carbocycles. The van der Waals surface area contributed by atoms with Crippen molar-refractivity contribution in [3.63, 3.8) is 0 Å². The molecule has 0 unspecified atom stereocenters. The number of nitrogens with zero attached hydrogens (tertiary/aromatic N) is 2. The van der Waals surface area contributed by atoms with E-state index in [0.717, 1.165) is 41.5 Å². The Balaban J connectivity index is 1.51. The smallest absolute Gasteiger partial charge is 0.260 e. The van der Waals surface area contributed by atoms with E-state index in [4.69, 9.17) is 4.74 Å². The predicted molar refractivity (Wildman–Crippen MR) is 119 cm³/mol. The minimum Gasteiger partial charge on any atom is -0.482 e. The van der Waals surface area contributed by atoms with Gasteiger partial charge in [0.15, 0.2) is 0 Å². The number of carbonyl (C=O) groups is 1. The third-order valence-corrected chi connectivity index (χ3v) is 6.60. The number of amides is 1. The van der Waals surface area contributed by atoms with Crippen LogP contribution < -0.4 is 10.2 Å². The zero-order chi connectivity index (χ0) is 20.9. The van der Waals surface area contributed by atoms with Gasteiger partial charge in [-0.15, -0.1) is 0 Å². The van der Waals surface area contributed by atoms with Gasteiger partial charge in [-0.25, -0.2) is 9.37 Å². The highest BCUT2D eigenvalue weighted by Gasteiger charge is 2.38. The van der Waals surface area contributed by atoms with E-state index in [1.165, 1.54) is 12.1 Å². The third kappa shape index (κ3) is 3.27. The lowest BCUT2D eigenvalue weighted by molar-refractivity contribution is -0.111. The molecule has 2 aromatic rings. The van der Waals surface area contributed by atoms with Gasteiger partial charge < -0.3 is 15.0 Å². The molecule has 1 amide bonds. The van der Waals surface area contributed by atoms with E-state index in [1.54, 1.807) is 6.07 Å². The Bertz CT molecular complexity index is 1090. The van der Waals surface area contributed by atoms with Crippen LogP contribution in [0.5, 0.6) is 0 Å². The van der Waals surface area contributed by atoms with Gasteiger partial charge in [-0.3, -0.25) is 4.79 Å². The van der Waals surface area contributed by atoms with Crippen molar-refractivity contribution in [2.45, 2.75) is 19.4 Å². The first-order chi connectivity index (χ1) is 14.4. The van der Waals surface area contributed by atoms with Crippen LogP contribution in [0.25, 0.3) is 11.1 Å². The summed E-state index contributed by atoms with van der Waals surface area (Å²) in [6.45, 7) is 5.97. The molecule has 1 saturated heterocycles. The van der Waals surface area contributed by atoms with Gasteiger partial charge >= 0.3 is 0 Å². The summed E-state index contributed by atoms with van der Waals surface area (Å²) in [6, 6.07) is 8.40. The van der Waals surface area contributed by atoms with Crippen LogP contribution in [-0.4, -0.2) is 41.1 Å². The Kier molecular flexibility index (Phi) is 4.58. The SMILES string of the molecule is CC1(C)O/C(=C2/C(=O)Nc3cc(F)ccc32)C=C1c1ccc(N2CCSCC2)nc1. The van der Waals surface area contributed by atoms with Crippen molar-refractivity contribution < 1.29 is 13.9 Å². The Hall–Kier alpha value is -2.80. The number of hydrogen-bond acceptors (Lipinski definition) is 5. The number of fused-ring (bicyclic) bond motifs is 1. The first-order valence-electron chi connectivity index (χ1n) is 9.98. The highest BCUT2D eigenvalue weighted by Crippen LogP contribution is 2.44. The van der Waals surface area contributed by atoms with Crippen LogP contribution in [0, 0.1) is 5.82 Å². The minimum absolute atomic E-state index is 0.282. The van der Waals surface area contributed by atoms with Crippen LogP contribution in [0.3, 0.4) is 0 Å². The van der Waals surface area contributed by atoms with Gasteiger partial charge in [0, 0.05) is 47.5 Å². The van der Waals surface area contributed by atoms with Crippen molar-refractivity contribution in [1.29, 1.82) is 0 Å². The van der Waals surface area contributed by atoms with Crippen molar-refractivity contribution in [2.24, 2.45) is 0 Å². The Labute approximate surface area is 179 Å². The number of allylic oxidation sites excluding steroid dienone is 1. The van der Waals surface area contributed by atoms with E-state index < -0.39 is 5.60 Å². The molecule has 30 heavy (non-hydrogen) atoms. The molecule has 1 aromatic heterocycles. The Morgan fingerprint density at radius 1 is 1.20 bits per heavy atom. The second kappa shape index (κ2) is 7.16. The van der Waals surface area contributed by atoms with Crippen molar-refractivity contribution in [3.05, 3.63) is 65.3 Å². The van der Waals surface area contributed by atoms with E-state index in [-0.39, 0.29) is 11.7 Å². The zero-order valence-corrected chi connectivity index (χ0v) is 17.7. The number of hydrogen-bond donors (Lipinski definition) is 1. The fourth-order valence-electron chi connectivity index (χ4n) is 4.13. The highest BCUT2D eigenvalue weighted by molar-refractivity contribution is 7.99. The summed E-state index contributed by atoms with van der Waals surface area (Å²) < 4.78 is 19.7. The molecular weight excluding hydrogens is 401 g/mol. The molecule has 0 spiro atoms. The maximum Gasteiger partial charge on any atom is 0.260 e. The lowest BCUT2D eigenvalue weighted by Crippen LogP contribution is -2.33. The summed E-state index contributed by atoms with van der Waals surface area (Å²) in [6.07, 6.45) is 3.78. The van der Waals surface area contributed by atoms with Gasteiger partial charge in [-0.1, -0.05) is 0 Å². The number of halogens is 1. The number of pyridine rings is 1. The van der Waals surface area contributed by atoms with Crippen molar-refractivity contribution in [2.75, 3.05) is 34.8 Å². The summed E-state index contributed by atoms with van der Waals surface area (Å²) in [5.74, 6) is 3.06. The molecular formula is C23H22FN3O2S. The van der Waals surface area contributed by atoms with E-state index in [0.29, 0.717) is 22.6 Å². The van der Waals surface area contributed by atoms with Gasteiger partial charge in [0.1, 0.15) is 23.0 Å². The van der Waals surface area contributed by atoms with Crippen molar-refractivity contribution in [1.82, 2.24) is 4.98 Å². The molecule has 154 valence electrons. The average Bonchev–Trinajstić information content (AvgIpc) is 3.23. The maximum atomic E-state index is 13.5. The number of carbonyl (C=O) groups excluding carboxylic acids is 1. The quantitative estimate of drug-likeness (QED) is 0.729. The van der Waals surface area contributed by atoms with Gasteiger partial charge in [-0.05, 0) is 50.3 Å². The maximum absolute atomic E-state index is 13.5. The number of benzene rings is 1. The molecule has 7 heteroatoms. The first kappa shape index (κ1) is 19.2. The highest BCUT2D eigenvalue weighted by atomic mass is 32.2. The number of aromatic nitrogens is 1. The van der Waals surface area contributed by atoms with Crippen LogP contribution in [-0.2, 0) is 9.53 Å². The summed E-state index contributed by atoms with van der Waals surface area (Å²) in [5, 5.41) is 2.73. The van der Waals surface area contributed by atoms with Gasteiger partial charge in [-0.2, -0.15) is 11.8 Å². The van der Waals surface area contributed by atoms with Crippen LogP contribution in [0.2, 0.25) is 0 Å². The predicted octanol–water partition coefficient (Wildman–Crippen LogP) is 4.33. The molecule has 5 rings (SSSR count). The molecule has 3 aliphatic rings. The monoisotopic (exact) mass is 423 g/mol. The fraction of sp³-hybridized carbons (Fsp3) is 0.304. The molecule has 0 atom stereocenters. The summed E-state index contributed by atoms with van der Waals surface area (Å²) in [7, 11) is 0. The number of rotatable bonds is 2. The lowest BCUT2D eigenvalue weighted by atomic mass is 9.93. The number of thioether (sulfide) groups is 1. The van der Waals surface area contributed by atoms with Crippen molar-refractivity contribution in [3.8, 4) is 0 Å². The standard InChI is InChI=1S/C23H22FN3O2S/c1-23(2)17(14-3-6-20(25-13-14)27-7-9-30-10-8-27)12-19(29-23)21-16-5-4-15(24)11-18(16)26-22(21)28/h3-6,11-13H,7-10H2,1-2H3,(H,26,28)/b21-19+. The summed E-state index contributed by atoms with van der Waals surface area (Å²) in [4.78, 5) is 19.6. The first-order valence-corrected chi connectivity index (χ1v) is 11.1. The molecule has 0 aliphatic carbocycles. The average molecular weight is 424 g/mol. The van der Waals surface area contributed by atoms with Crippen LogP contribution in [0.4, 0.5) is 15.9 Å². The molecule has 0 bridgehead atoms. The normalized spacial score (nSPS) is 22.4. The van der Waals surface area contributed by atoms with Gasteiger partial charge in [0.05, 0.1) is 11.3 Å². The van der Waals surface area contributed by atoms with E-state index in [2.05, 4.69) is 21.3 Å². The fourth-order valence-corrected chi connectivity index (χ4v) is 5.04. The topological polar surface area (TPSA) is 54.5 Å². The second-order valence-corrected chi connectivity index (χ2v) is 9.28. The minimum atomic E-state index is -0.615. The van der Waals surface area contributed by atoms with E-state index in [1.807, 2.05) is 43.9 Å². The Morgan fingerprint density at radius 2 is 2.00 bits per heavy atom. The third-order valence-electron chi connectivity index (χ3n) is 5.66. The lowest BCUT2D eigenvalue weighted by Gasteiger charge is -2.28. The molecule has 4 heterocycles. The largest absolute Gasteiger partial charge is 0.482 e. The van der Waals surface area contributed by atoms with Crippen molar-refractivity contribution >= 4 is 40.3 Å². The molecule has 0 saturated carbocycles. The molecule has 1 N–H and O–H groups in total. The second-order valence-electron chi connectivity index (χ2n) is 8.06. The van der Waals surface area contributed by atoms with Crippen LogP contribution >= 0.6 is 11.8 Å². The number of nitrogens with one attached hydrogen (secondary N) is 1. The van der Waals surface area contributed by atoms with Gasteiger partial charge in [0.2, 0.25) is 0 Å². The summed E-state index contributed by atoms with van der Waals surface area (Å²) >= 11 is 1.97. The molecule has 3 aliphatic heterocycles. The summed E-state index contributed by atoms with van der Waals surface area (Å²) in [5.41, 5.74) is 2.86. The zero-order valence-electron chi connectivity index (χ0n) is 16.9.